The summed E-state index contributed by atoms with van der Waals surface area (Å²) in [5.41, 5.74) is 3.17. The van der Waals surface area contributed by atoms with Crippen molar-refractivity contribution in [3.8, 4) is 0 Å². The molecule has 23 heavy (non-hydrogen) atoms. The maximum absolute atomic E-state index is 12.4. The molecule has 0 bridgehead atoms. The van der Waals surface area contributed by atoms with Crippen molar-refractivity contribution in [1.82, 2.24) is 15.1 Å². The Hall–Kier alpha value is -2.63. The molecule has 0 radical (unpaired) electrons. The highest BCUT2D eigenvalue weighted by atomic mass is 16.4. The van der Waals surface area contributed by atoms with Gasteiger partial charge in [0, 0.05) is 13.2 Å². The Morgan fingerprint density at radius 2 is 2.00 bits per heavy atom. The van der Waals surface area contributed by atoms with E-state index in [1.807, 2.05) is 39.0 Å². The van der Waals surface area contributed by atoms with Gasteiger partial charge in [0.15, 0.2) is 5.69 Å². The molecule has 1 atom stereocenters. The second kappa shape index (κ2) is 6.64. The van der Waals surface area contributed by atoms with Crippen LogP contribution >= 0.6 is 0 Å². The standard InChI is InChI=1S/C17H21N3O3/c1-5-14(12-7-6-10(2)11(3)8-12)18-16(21)15-13(17(22)23)9-20(4)19-15/h6-9,14H,5H2,1-4H3,(H,18,21)(H,22,23). The minimum Gasteiger partial charge on any atom is -0.478 e. The molecule has 2 rings (SSSR count). The third-order valence-electron chi connectivity index (χ3n) is 3.92. The second-order valence-corrected chi connectivity index (χ2v) is 5.65. The Kier molecular flexibility index (Phi) is 4.83. The summed E-state index contributed by atoms with van der Waals surface area (Å²) < 4.78 is 1.33. The summed E-state index contributed by atoms with van der Waals surface area (Å²) in [4.78, 5) is 23.6. The zero-order chi connectivity index (χ0) is 17.1. The number of amides is 1. The summed E-state index contributed by atoms with van der Waals surface area (Å²) in [5, 5.41) is 16.0. The van der Waals surface area contributed by atoms with E-state index >= 15 is 0 Å². The van der Waals surface area contributed by atoms with E-state index in [9.17, 15) is 9.59 Å². The Morgan fingerprint density at radius 3 is 2.57 bits per heavy atom. The molecule has 0 aliphatic heterocycles. The number of rotatable bonds is 5. The van der Waals surface area contributed by atoms with Crippen LogP contribution in [0.4, 0.5) is 0 Å². The maximum atomic E-state index is 12.4. The molecular weight excluding hydrogens is 294 g/mol. The van der Waals surface area contributed by atoms with Crippen molar-refractivity contribution in [2.75, 3.05) is 0 Å². The number of benzene rings is 1. The summed E-state index contributed by atoms with van der Waals surface area (Å²) in [5.74, 6) is -1.64. The highest BCUT2D eigenvalue weighted by Gasteiger charge is 2.23. The zero-order valence-corrected chi connectivity index (χ0v) is 13.8. The molecule has 6 nitrogen and oxygen atoms in total. The first kappa shape index (κ1) is 16.7. The van der Waals surface area contributed by atoms with Gasteiger partial charge in [-0.05, 0) is 37.0 Å². The van der Waals surface area contributed by atoms with E-state index in [0.29, 0.717) is 6.42 Å². The minimum absolute atomic E-state index is 0.0673. The fraction of sp³-hybridized carbons (Fsp3) is 0.353. The number of nitrogens with zero attached hydrogens (tertiary/aromatic N) is 2. The first-order chi connectivity index (χ1) is 10.8. The van der Waals surface area contributed by atoms with Gasteiger partial charge in [0.2, 0.25) is 0 Å². The van der Waals surface area contributed by atoms with Gasteiger partial charge in [0.25, 0.3) is 5.91 Å². The molecular formula is C17H21N3O3. The SMILES string of the molecule is CCC(NC(=O)c1nn(C)cc1C(=O)O)c1ccc(C)c(C)c1. The van der Waals surface area contributed by atoms with Crippen molar-refractivity contribution < 1.29 is 14.7 Å². The molecule has 0 fully saturated rings. The van der Waals surface area contributed by atoms with Crippen LogP contribution in [0.25, 0.3) is 0 Å². The summed E-state index contributed by atoms with van der Waals surface area (Å²) in [7, 11) is 1.59. The number of carbonyl (C=O) groups is 2. The molecule has 2 aromatic rings. The Bertz CT molecular complexity index is 750. The molecule has 1 amide bonds. The lowest BCUT2D eigenvalue weighted by Crippen LogP contribution is -2.29. The predicted octanol–water partition coefficient (Wildman–Crippen LogP) is 2.62. The van der Waals surface area contributed by atoms with Gasteiger partial charge in [-0.25, -0.2) is 4.79 Å². The first-order valence-electron chi connectivity index (χ1n) is 7.48. The van der Waals surface area contributed by atoms with Crippen LogP contribution in [0.3, 0.4) is 0 Å². The number of nitrogens with one attached hydrogen (secondary N) is 1. The van der Waals surface area contributed by atoms with E-state index in [-0.39, 0.29) is 17.3 Å². The summed E-state index contributed by atoms with van der Waals surface area (Å²) >= 11 is 0. The molecule has 1 unspecified atom stereocenters. The second-order valence-electron chi connectivity index (χ2n) is 5.65. The van der Waals surface area contributed by atoms with Crippen molar-refractivity contribution in [1.29, 1.82) is 0 Å². The number of aromatic nitrogens is 2. The van der Waals surface area contributed by atoms with Gasteiger partial charge in [0.05, 0.1) is 6.04 Å². The Balaban J connectivity index is 2.26. The van der Waals surface area contributed by atoms with Crippen LogP contribution in [0, 0.1) is 13.8 Å². The highest BCUT2D eigenvalue weighted by molar-refractivity contribution is 6.03. The minimum atomic E-state index is -1.16. The summed E-state index contributed by atoms with van der Waals surface area (Å²) in [6.07, 6.45) is 2.03. The molecule has 2 N–H and O–H groups in total. The smallest absolute Gasteiger partial charge is 0.339 e. The quantitative estimate of drug-likeness (QED) is 0.888. The van der Waals surface area contributed by atoms with E-state index < -0.39 is 11.9 Å². The average Bonchev–Trinajstić information content (AvgIpc) is 2.90. The topological polar surface area (TPSA) is 84.2 Å². The number of aryl methyl sites for hydroxylation is 3. The average molecular weight is 315 g/mol. The normalized spacial score (nSPS) is 12.0. The van der Waals surface area contributed by atoms with Crippen molar-refractivity contribution >= 4 is 11.9 Å². The molecule has 1 aromatic carbocycles. The fourth-order valence-electron chi connectivity index (χ4n) is 2.44. The van der Waals surface area contributed by atoms with Crippen LogP contribution < -0.4 is 5.32 Å². The number of hydrogen-bond donors (Lipinski definition) is 2. The maximum Gasteiger partial charge on any atom is 0.339 e. The molecule has 0 aliphatic rings. The third-order valence-corrected chi connectivity index (χ3v) is 3.92. The van der Waals surface area contributed by atoms with E-state index in [1.165, 1.54) is 16.4 Å². The first-order valence-corrected chi connectivity index (χ1v) is 7.48. The van der Waals surface area contributed by atoms with Gasteiger partial charge in [-0.3, -0.25) is 9.48 Å². The van der Waals surface area contributed by atoms with Gasteiger partial charge in [0.1, 0.15) is 5.56 Å². The number of aromatic carboxylic acids is 1. The lowest BCUT2D eigenvalue weighted by Gasteiger charge is -2.18. The van der Waals surface area contributed by atoms with Crippen LogP contribution in [-0.2, 0) is 7.05 Å². The largest absolute Gasteiger partial charge is 0.478 e. The molecule has 0 saturated heterocycles. The van der Waals surface area contributed by atoms with Crippen LogP contribution in [-0.4, -0.2) is 26.8 Å². The highest BCUT2D eigenvalue weighted by Crippen LogP contribution is 2.20. The van der Waals surface area contributed by atoms with E-state index in [0.717, 1.165) is 11.1 Å². The van der Waals surface area contributed by atoms with Crippen LogP contribution in [0.1, 0.15) is 56.9 Å². The fourth-order valence-corrected chi connectivity index (χ4v) is 2.44. The van der Waals surface area contributed by atoms with Crippen molar-refractivity contribution in [2.24, 2.45) is 7.05 Å². The van der Waals surface area contributed by atoms with E-state index in [1.54, 1.807) is 7.05 Å². The van der Waals surface area contributed by atoms with Gasteiger partial charge < -0.3 is 10.4 Å². The van der Waals surface area contributed by atoms with Crippen molar-refractivity contribution in [2.45, 2.75) is 33.2 Å². The third kappa shape index (κ3) is 3.59. The molecule has 1 heterocycles. The lowest BCUT2D eigenvalue weighted by molar-refractivity contribution is 0.0690. The molecule has 6 heteroatoms. The van der Waals surface area contributed by atoms with E-state index in [4.69, 9.17) is 5.11 Å². The number of carbonyl (C=O) groups excluding carboxylic acids is 1. The van der Waals surface area contributed by atoms with Crippen LogP contribution in [0.5, 0.6) is 0 Å². The van der Waals surface area contributed by atoms with Gasteiger partial charge in [-0.1, -0.05) is 25.1 Å². The van der Waals surface area contributed by atoms with Crippen LogP contribution in [0.2, 0.25) is 0 Å². The number of carboxylic acids is 1. The van der Waals surface area contributed by atoms with Gasteiger partial charge in [-0.15, -0.1) is 0 Å². The molecule has 1 aromatic heterocycles. The Labute approximate surface area is 135 Å². The number of hydrogen-bond acceptors (Lipinski definition) is 3. The monoisotopic (exact) mass is 315 g/mol. The Morgan fingerprint density at radius 1 is 1.30 bits per heavy atom. The summed E-state index contributed by atoms with van der Waals surface area (Å²) in [6, 6.07) is 5.85. The van der Waals surface area contributed by atoms with Gasteiger partial charge in [-0.2, -0.15) is 5.10 Å². The van der Waals surface area contributed by atoms with Crippen molar-refractivity contribution in [3.63, 3.8) is 0 Å². The van der Waals surface area contributed by atoms with E-state index in [2.05, 4.69) is 10.4 Å². The lowest BCUT2D eigenvalue weighted by atomic mass is 9.99. The summed E-state index contributed by atoms with van der Waals surface area (Å²) in [6.45, 7) is 6.02. The number of carboxylic acid groups (broad SMARTS) is 1. The molecule has 0 spiro atoms. The molecule has 0 saturated carbocycles. The zero-order valence-electron chi connectivity index (χ0n) is 13.8. The predicted molar refractivity (Wildman–Crippen MR) is 86.6 cm³/mol. The van der Waals surface area contributed by atoms with Crippen LogP contribution in [0.15, 0.2) is 24.4 Å². The molecule has 122 valence electrons. The van der Waals surface area contributed by atoms with Crippen molar-refractivity contribution in [3.05, 3.63) is 52.3 Å². The van der Waals surface area contributed by atoms with Gasteiger partial charge >= 0.3 is 5.97 Å². The molecule has 0 aliphatic carbocycles.